The highest BCUT2D eigenvalue weighted by Crippen LogP contribution is 2.43. The fraction of sp³-hybridized carbons (Fsp3) is 0.273. The van der Waals surface area contributed by atoms with Gasteiger partial charge < -0.3 is 30.2 Å². The van der Waals surface area contributed by atoms with E-state index in [1.54, 1.807) is 42.4 Å². The molecule has 8 nitrogen and oxygen atoms in total. The molecule has 1 aliphatic heterocycles. The molecule has 3 rings (SSSR count). The lowest BCUT2D eigenvalue weighted by Crippen LogP contribution is -2.32. The zero-order valence-electron chi connectivity index (χ0n) is 16.7. The third kappa shape index (κ3) is 3.63. The SMILES string of the molecule is CCCCN1C(c2cccc(O)c2C(=O)O)=CN(C)C1c1cccc(O)c1C(=O)O. The van der Waals surface area contributed by atoms with E-state index in [0.29, 0.717) is 23.4 Å². The molecule has 0 saturated carbocycles. The van der Waals surface area contributed by atoms with Crippen LogP contribution in [0.3, 0.4) is 0 Å². The van der Waals surface area contributed by atoms with Crippen LogP contribution in [0.5, 0.6) is 11.5 Å². The monoisotopic (exact) mass is 412 g/mol. The molecule has 2 aromatic carbocycles. The van der Waals surface area contributed by atoms with Crippen molar-refractivity contribution in [2.75, 3.05) is 13.6 Å². The number of benzene rings is 2. The molecule has 30 heavy (non-hydrogen) atoms. The Bertz CT molecular complexity index is 1020. The van der Waals surface area contributed by atoms with E-state index in [9.17, 15) is 30.0 Å². The Hall–Kier alpha value is -3.68. The molecule has 0 aliphatic carbocycles. The van der Waals surface area contributed by atoms with Gasteiger partial charge in [0.2, 0.25) is 0 Å². The van der Waals surface area contributed by atoms with E-state index in [4.69, 9.17) is 0 Å². The van der Waals surface area contributed by atoms with Crippen LogP contribution in [0.15, 0.2) is 42.6 Å². The van der Waals surface area contributed by atoms with Crippen molar-refractivity contribution < 1.29 is 30.0 Å². The Morgan fingerprint density at radius 3 is 2.17 bits per heavy atom. The lowest BCUT2D eigenvalue weighted by atomic mass is 10.00. The maximum Gasteiger partial charge on any atom is 0.340 e. The molecule has 1 atom stereocenters. The highest BCUT2D eigenvalue weighted by atomic mass is 16.4. The van der Waals surface area contributed by atoms with Gasteiger partial charge in [-0.3, -0.25) is 0 Å². The first-order valence-corrected chi connectivity index (χ1v) is 9.59. The fourth-order valence-electron chi connectivity index (χ4n) is 3.86. The Balaban J connectivity index is 2.17. The maximum absolute atomic E-state index is 11.8. The summed E-state index contributed by atoms with van der Waals surface area (Å²) in [7, 11) is 1.76. The van der Waals surface area contributed by atoms with Gasteiger partial charge in [-0.2, -0.15) is 0 Å². The van der Waals surface area contributed by atoms with E-state index >= 15 is 0 Å². The van der Waals surface area contributed by atoms with Gasteiger partial charge in [0.05, 0.1) is 5.70 Å². The predicted molar refractivity (Wildman–Crippen MR) is 110 cm³/mol. The molecule has 0 radical (unpaired) electrons. The van der Waals surface area contributed by atoms with Crippen molar-refractivity contribution >= 4 is 17.6 Å². The number of nitrogens with zero attached hydrogens (tertiary/aromatic N) is 2. The minimum Gasteiger partial charge on any atom is -0.507 e. The number of hydrogen-bond donors (Lipinski definition) is 4. The molecule has 4 N–H and O–H groups in total. The summed E-state index contributed by atoms with van der Waals surface area (Å²) >= 11 is 0. The standard InChI is InChI=1S/C22H24N2O6/c1-3-4-11-24-15(13-7-5-9-16(25)18(13)21(27)28)12-23(2)20(24)14-8-6-10-17(26)19(14)22(29)30/h5-10,12,20,25-26H,3-4,11H2,1-2H3,(H,27,28)(H,29,30). The van der Waals surface area contributed by atoms with Crippen LogP contribution in [-0.4, -0.2) is 55.8 Å². The van der Waals surface area contributed by atoms with Gasteiger partial charge in [-0.15, -0.1) is 0 Å². The zero-order valence-corrected chi connectivity index (χ0v) is 16.7. The van der Waals surface area contributed by atoms with Crippen LogP contribution in [0.1, 0.15) is 57.8 Å². The summed E-state index contributed by atoms with van der Waals surface area (Å²) in [4.78, 5) is 27.3. The summed E-state index contributed by atoms with van der Waals surface area (Å²) in [5.74, 6) is -3.18. The second kappa shape index (κ2) is 8.36. The fourth-order valence-corrected chi connectivity index (χ4v) is 3.86. The summed E-state index contributed by atoms with van der Waals surface area (Å²) < 4.78 is 0. The van der Waals surface area contributed by atoms with E-state index in [1.807, 2.05) is 11.8 Å². The molecule has 0 fully saturated rings. The Morgan fingerprint density at radius 1 is 0.967 bits per heavy atom. The number of carboxylic acid groups (broad SMARTS) is 2. The van der Waals surface area contributed by atoms with Gasteiger partial charge in [-0.1, -0.05) is 37.6 Å². The van der Waals surface area contributed by atoms with Crippen molar-refractivity contribution in [2.45, 2.75) is 25.9 Å². The molecule has 2 aromatic rings. The molecule has 1 aliphatic rings. The maximum atomic E-state index is 11.8. The topological polar surface area (TPSA) is 122 Å². The molecule has 0 bridgehead atoms. The quantitative estimate of drug-likeness (QED) is 0.545. The van der Waals surface area contributed by atoms with E-state index in [2.05, 4.69) is 0 Å². The van der Waals surface area contributed by atoms with E-state index in [1.165, 1.54) is 12.1 Å². The van der Waals surface area contributed by atoms with Gasteiger partial charge in [0, 0.05) is 30.9 Å². The summed E-state index contributed by atoms with van der Waals surface area (Å²) in [5, 5.41) is 39.6. The van der Waals surface area contributed by atoms with Gasteiger partial charge >= 0.3 is 11.9 Å². The molecule has 8 heteroatoms. The Kier molecular flexibility index (Phi) is 5.86. The van der Waals surface area contributed by atoms with Crippen molar-refractivity contribution in [3.05, 3.63) is 64.9 Å². The normalized spacial score (nSPS) is 15.9. The summed E-state index contributed by atoms with van der Waals surface area (Å²) in [6.07, 6.45) is 2.83. The first kappa shape index (κ1) is 21.0. The molecule has 1 unspecified atom stereocenters. The van der Waals surface area contributed by atoms with Crippen LogP contribution >= 0.6 is 0 Å². The van der Waals surface area contributed by atoms with Gasteiger partial charge in [0.1, 0.15) is 28.8 Å². The number of carbonyl (C=O) groups is 2. The minimum absolute atomic E-state index is 0.195. The minimum atomic E-state index is -1.26. The molecular formula is C22H24N2O6. The van der Waals surface area contributed by atoms with Crippen LogP contribution in [0.2, 0.25) is 0 Å². The van der Waals surface area contributed by atoms with E-state index in [0.717, 1.165) is 12.8 Å². The average Bonchev–Trinajstić information content (AvgIpc) is 3.01. The highest BCUT2D eigenvalue weighted by Gasteiger charge is 2.36. The van der Waals surface area contributed by atoms with E-state index < -0.39 is 18.1 Å². The Morgan fingerprint density at radius 2 is 1.57 bits per heavy atom. The molecule has 1 heterocycles. The van der Waals surface area contributed by atoms with Crippen molar-refractivity contribution in [3.8, 4) is 11.5 Å². The van der Waals surface area contributed by atoms with Gasteiger partial charge in [0.15, 0.2) is 0 Å². The summed E-state index contributed by atoms with van der Waals surface area (Å²) in [5.41, 5.74) is 0.881. The lowest BCUT2D eigenvalue weighted by Gasteiger charge is -2.34. The number of hydrogen-bond acceptors (Lipinski definition) is 6. The molecule has 0 saturated heterocycles. The van der Waals surface area contributed by atoms with Crippen molar-refractivity contribution in [1.82, 2.24) is 9.80 Å². The van der Waals surface area contributed by atoms with Crippen molar-refractivity contribution in [3.63, 3.8) is 0 Å². The van der Waals surface area contributed by atoms with Crippen LogP contribution in [0, 0.1) is 0 Å². The van der Waals surface area contributed by atoms with Crippen molar-refractivity contribution in [1.29, 1.82) is 0 Å². The second-order valence-corrected chi connectivity index (χ2v) is 7.15. The first-order valence-electron chi connectivity index (χ1n) is 9.59. The third-order valence-corrected chi connectivity index (χ3v) is 5.17. The number of unbranched alkanes of at least 4 members (excludes halogenated alkanes) is 1. The molecule has 158 valence electrons. The van der Waals surface area contributed by atoms with Crippen LogP contribution in [0.25, 0.3) is 5.70 Å². The van der Waals surface area contributed by atoms with Crippen LogP contribution < -0.4 is 0 Å². The van der Waals surface area contributed by atoms with Gasteiger partial charge in [0.25, 0.3) is 0 Å². The Labute approximate surface area is 173 Å². The first-order chi connectivity index (χ1) is 14.3. The third-order valence-electron chi connectivity index (χ3n) is 5.17. The molecular weight excluding hydrogens is 388 g/mol. The van der Waals surface area contributed by atoms with Crippen molar-refractivity contribution in [2.24, 2.45) is 0 Å². The second-order valence-electron chi connectivity index (χ2n) is 7.15. The van der Waals surface area contributed by atoms with Crippen LogP contribution in [0.4, 0.5) is 0 Å². The molecule has 0 aromatic heterocycles. The molecule has 0 spiro atoms. The van der Waals surface area contributed by atoms with Gasteiger partial charge in [-0.05, 0) is 18.6 Å². The molecule has 0 amide bonds. The summed E-state index contributed by atoms with van der Waals surface area (Å²) in [6, 6.07) is 9.05. The van der Waals surface area contributed by atoms with Gasteiger partial charge in [-0.25, -0.2) is 9.59 Å². The largest absolute Gasteiger partial charge is 0.507 e. The number of carboxylic acids is 2. The average molecular weight is 412 g/mol. The number of aromatic hydroxyl groups is 2. The lowest BCUT2D eigenvalue weighted by molar-refractivity contribution is 0.0679. The summed E-state index contributed by atoms with van der Waals surface area (Å²) in [6.45, 7) is 2.55. The predicted octanol–water partition coefficient (Wildman–Crippen LogP) is 3.54. The highest BCUT2D eigenvalue weighted by molar-refractivity contribution is 5.97. The number of aromatic carboxylic acids is 2. The van der Waals surface area contributed by atoms with Crippen LogP contribution in [-0.2, 0) is 0 Å². The smallest absolute Gasteiger partial charge is 0.340 e. The van der Waals surface area contributed by atoms with E-state index in [-0.39, 0.29) is 22.6 Å². The zero-order chi connectivity index (χ0) is 22.0. The number of rotatable bonds is 7. The number of phenols is 2.